The molecule has 98 valence electrons. The van der Waals surface area contributed by atoms with Crippen molar-refractivity contribution in [3.8, 4) is 0 Å². The number of carbonyl (C=O) groups is 2. The predicted molar refractivity (Wildman–Crippen MR) is 68.9 cm³/mol. The monoisotopic (exact) mass is 259 g/mol. The van der Waals surface area contributed by atoms with Gasteiger partial charge in [-0.15, -0.1) is 11.8 Å². The molecule has 0 radical (unpaired) electrons. The van der Waals surface area contributed by atoms with E-state index >= 15 is 0 Å². The van der Waals surface area contributed by atoms with Crippen molar-refractivity contribution in [2.24, 2.45) is 5.92 Å². The van der Waals surface area contributed by atoms with Crippen molar-refractivity contribution in [1.82, 2.24) is 4.90 Å². The normalized spacial score (nSPS) is 18.9. The van der Waals surface area contributed by atoms with E-state index < -0.39 is 0 Å². The molecule has 1 aliphatic heterocycles. The average Bonchev–Trinajstić information content (AvgIpc) is 2.87. The van der Waals surface area contributed by atoms with Crippen LogP contribution in [-0.4, -0.2) is 48.0 Å². The van der Waals surface area contributed by atoms with Gasteiger partial charge in [0.1, 0.15) is 0 Å². The highest BCUT2D eigenvalue weighted by atomic mass is 32.2. The molecule has 0 aliphatic carbocycles. The zero-order valence-electron chi connectivity index (χ0n) is 10.8. The first kappa shape index (κ1) is 14.4. The smallest absolute Gasteiger partial charge is 0.309 e. The molecule has 0 spiro atoms. The number of thioether (sulfide) groups is 1. The van der Waals surface area contributed by atoms with Crippen LogP contribution in [0.25, 0.3) is 0 Å². The van der Waals surface area contributed by atoms with Crippen molar-refractivity contribution < 1.29 is 14.3 Å². The Bertz CT molecular complexity index is 277. The van der Waals surface area contributed by atoms with Crippen LogP contribution in [0.4, 0.5) is 0 Å². The first-order valence-corrected chi connectivity index (χ1v) is 7.09. The fraction of sp³-hybridized carbons (Fsp3) is 0.833. The van der Waals surface area contributed by atoms with E-state index in [1.54, 1.807) is 0 Å². The quantitative estimate of drug-likeness (QED) is 0.703. The van der Waals surface area contributed by atoms with Gasteiger partial charge in [0.25, 0.3) is 0 Å². The van der Waals surface area contributed by atoms with Crippen molar-refractivity contribution in [1.29, 1.82) is 0 Å². The molecule has 1 heterocycles. The minimum absolute atomic E-state index is 0.0693. The molecule has 0 aromatic carbocycles. The standard InChI is InChI=1S/C12H21NO3S/c1-9(12(15)16-3)8-17-10(2)11(14)13-6-4-5-7-13/h9-10H,4-8H2,1-3H3. The number of hydrogen-bond acceptors (Lipinski definition) is 4. The molecule has 1 aliphatic rings. The first-order valence-electron chi connectivity index (χ1n) is 6.04. The summed E-state index contributed by atoms with van der Waals surface area (Å²) in [4.78, 5) is 25.1. The van der Waals surface area contributed by atoms with Gasteiger partial charge in [-0.05, 0) is 19.8 Å². The molecule has 5 heteroatoms. The molecular weight excluding hydrogens is 238 g/mol. The van der Waals surface area contributed by atoms with Gasteiger partial charge in [0.2, 0.25) is 5.91 Å². The number of likely N-dealkylation sites (tertiary alicyclic amines) is 1. The Morgan fingerprint density at radius 3 is 2.41 bits per heavy atom. The number of rotatable bonds is 5. The van der Waals surface area contributed by atoms with Crippen molar-refractivity contribution >= 4 is 23.6 Å². The molecule has 0 aromatic rings. The minimum atomic E-state index is -0.210. The number of nitrogens with zero attached hydrogens (tertiary/aromatic N) is 1. The summed E-state index contributed by atoms with van der Waals surface area (Å²) in [6, 6.07) is 0. The lowest BCUT2D eigenvalue weighted by Gasteiger charge is -2.20. The second-order valence-corrected chi connectivity index (χ2v) is 5.81. The third-order valence-corrected chi connectivity index (χ3v) is 4.36. The Hall–Kier alpha value is -0.710. The van der Waals surface area contributed by atoms with Crippen molar-refractivity contribution in [3.05, 3.63) is 0 Å². The van der Waals surface area contributed by atoms with Gasteiger partial charge in [-0.1, -0.05) is 6.92 Å². The van der Waals surface area contributed by atoms with E-state index in [4.69, 9.17) is 0 Å². The van der Waals surface area contributed by atoms with Gasteiger partial charge in [-0.3, -0.25) is 9.59 Å². The maximum atomic E-state index is 12.0. The Morgan fingerprint density at radius 2 is 1.88 bits per heavy atom. The van der Waals surface area contributed by atoms with Crippen molar-refractivity contribution in [3.63, 3.8) is 0 Å². The Morgan fingerprint density at radius 1 is 1.29 bits per heavy atom. The van der Waals surface area contributed by atoms with Gasteiger partial charge in [0.15, 0.2) is 0 Å². The molecule has 2 unspecified atom stereocenters. The van der Waals surface area contributed by atoms with E-state index in [0.717, 1.165) is 25.9 Å². The summed E-state index contributed by atoms with van der Waals surface area (Å²) >= 11 is 1.53. The molecule has 0 aromatic heterocycles. The number of ether oxygens (including phenoxy) is 1. The van der Waals surface area contributed by atoms with Crippen molar-refractivity contribution in [2.75, 3.05) is 26.0 Å². The number of esters is 1. The largest absolute Gasteiger partial charge is 0.469 e. The zero-order valence-corrected chi connectivity index (χ0v) is 11.6. The predicted octanol–water partition coefficient (Wildman–Crippen LogP) is 1.54. The second kappa shape index (κ2) is 6.89. The third kappa shape index (κ3) is 4.22. The number of carbonyl (C=O) groups excluding carboxylic acids is 2. The van der Waals surface area contributed by atoms with Crippen LogP contribution in [0.2, 0.25) is 0 Å². The SMILES string of the molecule is COC(=O)C(C)CSC(C)C(=O)N1CCCC1. The lowest BCUT2D eigenvalue weighted by Crippen LogP contribution is -2.34. The van der Waals surface area contributed by atoms with E-state index in [2.05, 4.69) is 4.74 Å². The second-order valence-electron chi connectivity index (χ2n) is 4.43. The molecule has 4 nitrogen and oxygen atoms in total. The molecule has 0 bridgehead atoms. The van der Waals surface area contributed by atoms with Gasteiger partial charge in [0, 0.05) is 18.8 Å². The Balaban J connectivity index is 2.30. The molecule has 0 N–H and O–H groups in total. The van der Waals surface area contributed by atoms with E-state index in [1.807, 2.05) is 18.7 Å². The number of hydrogen-bond donors (Lipinski definition) is 0. The fourth-order valence-electron chi connectivity index (χ4n) is 1.82. The summed E-state index contributed by atoms with van der Waals surface area (Å²) in [6.45, 7) is 5.51. The maximum Gasteiger partial charge on any atom is 0.309 e. The van der Waals surface area contributed by atoms with E-state index in [1.165, 1.54) is 18.9 Å². The van der Waals surface area contributed by atoms with E-state index in [9.17, 15) is 9.59 Å². The van der Waals surface area contributed by atoms with Crippen LogP contribution in [0.1, 0.15) is 26.7 Å². The molecule has 0 saturated carbocycles. The fourth-order valence-corrected chi connectivity index (χ4v) is 2.83. The van der Waals surface area contributed by atoms with Crippen LogP contribution < -0.4 is 0 Å². The van der Waals surface area contributed by atoms with Gasteiger partial charge >= 0.3 is 5.97 Å². The minimum Gasteiger partial charge on any atom is -0.469 e. The summed E-state index contributed by atoms with van der Waals surface area (Å²) < 4.78 is 4.66. The van der Waals surface area contributed by atoms with Crippen LogP contribution in [0.3, 0.4) is 0 Å². The number of methoxy groups -OCH3 is 1. The van der Waals surface area contributed by atoms with Gasteiger partial charge in [-0.25, -0.2) is 0 Å². The molecular formula is C12H21NO3S. The average molecular weight is 259 g/mol. The third-order valence-electron chi connectivity index (χ3n) is 2.97. The first-order chi connectivity index (χ1) is 8.06. The van der Waals surface area contributed by atoms with Crippen LogP contribution in [0, 0.1) is 5.92 Å². The topological polar surface area (TPSA) is 46.6 Å². The molecule has 1 amide bonds. The van der Waals surface area contributed by atoms with Gasteiger partial charge < -0.3 is 9.64 Å². The molecule has 17 heavy (non-hydrogen) atoms. The van der Waals surface area contributed by atoms with E-state index in [0.29, 0.717) is 5.75 Å². The summed E-state index contributed by atoms with van der Waals surface area (Å²) in [5, 5.41) is -0.0693. The maximum absolute atomic E-state index is 12.0. The van der Waals surface area contributed by atoms with Gasteiger partial charge in [0.05, 0.1) is 18.3 Å². The zero-order chi connectivity index (χ0) is 12.8. The highest BCUT2D eigenvalue weighted by molar-refractivity contribution is 8.00. The highest BCUT2D eigenvalue weighted by Gasteiger charge is 2.24. The Labute approximate surface area is 107 Å². The highest BCUT2D eigenvalue weighted by Crippen LogP contribution is 2.20. The Kier molecular flexibility index (Phi) is 5.82. The van der Waals surface area contributed by atoms with Crippen LogP contribution in [-0.2, 0) is 14.3 Å². The molecule has 1 saturated heterocycles. The summed E-state index contributed by atoms with van der Waals surface area (Å²) in [5.41, 5.74) is 0. The summed E-state index contributed by atoms with van der Waals surface area (Å²) in [6.07, 6.45) is 2.23. The van der Waals surface area contributed by atoms with E-state index in [-0.39, 0.29) is 23.0 Å². The lowest BCUT2D eigenvalue weighted by molar-refractivity contribution is -0.144. The molecule has 1 rings (SSSR count). The van der Waals surface area contributed by atoms with Gasteiger partial charge in [-0.2, -0.15) is 0 Å². The molecule has 2 atom stereocenters. The van der Waals surface area contributed by atoms with Crippen LogP contribution >= 0.6 is 11.8 Å². The summed E-state index contributed by atoms with van der Waals surface area (Å²) in [5.74, 6) is 0.467. The lowest BCUT2D eigenvalue weighted by atomic mass is 10.2. The molecule has 1 fully saturated rings. The van der Waals surface area contributed by atoms with Crippen LogP contribution in [0.5, 0.6) is 0 Å². The number of amides is 1. The van der Waals surface area contributed by atoms with Crippen molar-refractivity contribution in [2.45, 2.75) is 31.9 Å². The summed E-state index contributed by atoms with van der Waals surface area (Å²) in [7, 11) is 1.39. The van der Waals surface area contributed by atoms with Crippen LogP contribution in [0.15, 0.2) is 0 Å².